The van der Waals surface area contributed by atoms with Crippen molar-refractivity contribution >= 4 is 0 Å². The third-order valence-corrected chi connectivity index (χ3v) is 3.88. The van der Waals surface area contributed by atoms with Gasteiger partial charge in [0.2, 0.25) is 0 Å². The number of likely N-dealkylation sites (tertiary alicyclic amines) is 1. The molecule has 1 aliphatic rings. The molecular weight excluding hydrogens is 200 g/mol. The predicted octanol–water partition coefficient (Wildman–Crippen LogP) is 1.87. The minimum Gasteiger partial charge on any atom is -0.380 e. The Morgan fingerprint density at radius 1 is 1.38 bits per heavy atom. The van der Waals surface area contributed by atoms with E-state index in [1.54, 1.807) is 7.11 Å². The van der Waals surface area contributed by atoms with Gasteiger partial charge in [0.05, 0.1) is 6.10 Å². The van der Waals surface area contributed by atoms with E-state index in [4.69, 9.17) is 4.74 Å². The SMILES string of the molecule is COC(C)C(C)NCCN1CCCCC1C. The maximum atomic E-state index is 5.30. The second-order valence-corrected chi connectivity index (χ2v) is 5.06. The van der Waals surface area contributed by atoms with E-state index in [0.29, 0.717) is 12.1 Å². The van der Waals surface area contributed by atoms with Crippen LogP contribution in [0.2, 0.25) is 0 Å². The van der Waals surface area contributed by atoms with Gasteiger partial charge in [0, 0.05) is 32.3 Å². The highest BCUT2D eigenvalue weighted by Gasteiger charge is 2.18. The second kappa shape index (κ2) is 7.25. The lowest BCUT2D eigenvalue weighted by Gasteiger charge is -2.33. The fourth-order valence-electron chi connectivity index (χ4n) is 2.30. The number of methoxy groups -OCH3 is 1. The van der Waals surface area contributed by atoms with E-state index in [-0.39, 0.29) is 0 Å². The quantitative estimate of drug-likeness (QED) is 0.751. The van der Waals surface area contributed by atoms with Crippen LogP contribution in [0, 0.1) is 0 Å². The van der Waals surface area contributed by atoms with Crippen molar-refractivity contribution in [3.63, 3.8) is 0 Å². The van der Waals surface area contributed by atoms with Crippen LogP contribution in [-0.2, 0) is 4.74 Å². The second-order valence-electron chi connectivity index (χ2n) is 5.06. The van der Waals surface area contributed by atoms with Gasteiger partial charge in [-0.15, -0.1) is 0 Å². The first-order valence-corrected chi connectivity index (χ1v) is 6.65. The minimum absolute atomic E-state index is 0.291. The summed E-state index contributed by atoms with van der Waals surface area (Å²) in [7, 11) is 1.77. The van der Waals surface area contributed by atoms with Gasteiger partial charge in [-0.3, -0.25) is 4.90 Å². The number of nitrogens with one attached hydrogen (secondary N) is 1. The lowest BCUT2D eigenvalue weighted by atomic mass is 10.0. The molecule has 0 aromatic heterocycles. The predicted molar refractivity (Wildman–Crippen MR) is 68.8 cm³/mol. The van der Waals surface area contributed by atoms with Crippen molar-refractivity contribution in [2.75, 3.05) is 26.7 Å². The Bertz CT molecular complexity index is 187. The molecule has 3 atom stereocenters. The average Bonchev–Trinajstić information content (AvgIpc) is 2.30. The van der Waals surface area contributed by atoms with Crippen molar-refractivity contribution in [3.8, 4) is 0 Å². The molecule has 1 fully saturated rings. The van der Waals surface area contributed by atoms with E-state index in [9.17, 15) is 0 Å². The number of piperidine rings is 1. The fourth-order valence-corrected chi connectivity index (χ4v) is 2.30. The van der Waals surface area contributed by atoms with E-state index >= 15 is 0 Å². The molecule has 1 saturated heterocycles. The third-order valence-electron chi connectivity index (χ3n) is 3.88. The summed E-state index contributed by atoms with van der Waals surface area (Å²) in [5.41, 5.74) is 0. The zero-order valence-electron chi connectivity index (χ0n) is 11.3. The zero-order chi connectivity index (χ0) is 12.0. The third kappa shape index (κ3) is 4.40. The van der Waals surface area contributed by atoms with Crippen LogP contribution in [0.4, 0.5) is 0 Å². The van der Waals surface area contributed by atoms with Crippen LogP contribution in [0.3, 0.4) is 0 Å². The molecule has 0 aromatic carbocycles. The lowest BCUT2D eigenvalue weighted by Crippen LogP contribution is -2.45. The topological polar surface area (TPSA) is 24.5 Å². The molecule has 1 aliphatic heterocycles. The molecule has 0 bridgehead atoms. The zero-order valence-corrected chi connectivity index (χ0v) is 11.3. The first-order valence-electron chi connectivity index (χ1n) is 6.65. The number of hydrogen-bond donors (Lipinski definition) is 1. The summed E-state index contributed by atoms with van der Waals surface area (Å²) in [4.78, 5) is 2.60. The number of nitrogens with zero attached hydrogens (tertiary/aromatic N) is 1. The van der Waals surface area contributed by atoms with Crippen molar-refractivity contribution in [3.05, 3.63) is 0 Å². The van der Waals surface area contributed by atoms with Gasteiger partial charge < -0.3 is 10.1 Å². The normalized spacial score (nSPS) is 26.6. The number of ether oxygens (including phenoxy) is 1. The molecule has 0 spiro atoms. The molecular formula is C13H28N2O. The maximum Gasteiger partial charge on any atom is 0.0693 e. The van der Waals surface area contributed by atoms with Crippen LogP contribution in [0.25, 0.3) is 0 Å². The lowest BCUT2D eigenvalue weighted by molar-refractivity contribution is 0.0855. The largest absolute Gasteiger partial charge is 0.380 e. The van der Waals surface area contributed by atoms with Crippen molar-refractivity contribution in [2.45, 2.75) is 58.2 Å². The van der Waals surface area contributed by atoms with Gasteiger partial charge >= 0.3 is 0 Å². The highest BCUT2D eigenvalue weighted by molar-refractivity contribution is 4.75. The van der Waals surface area contributed by atoms with Gasteiger partial charge in [-0.1, -0.05) is 6.42 Å². The molecule has 1 N–H and O–H groups in total. The summed E-state index contributed by atoms with van der Waals surface area (Å²) >= 11 is 0. The first kappa shape index (κ1) is 13.9. The van der Waals surface area contributed by atoms with Gasteiger partial charge in [-0.25, -0.2) is 0 Å². The summed E-state index contributed by atoms with van der Waals surface area (Å²) < 4.78 is 5.30. The van der Waals surface area contributed by atoms with Crippen molar-refractivity contribution in [1.82, 2.24) is 10.2 Å². The molecule has 1 rings (SSSR count). The highest BCUT2D eigenvalue weighted by atomic mass is 16.5. The Labute approximate surface area is 101 Å². The molecule has 1 heterocycles. The average molecular weight is 228 g/mol. The van der Waals surface area contributed by atoms with Gasteiger partial charge in [0.15, 0.2) is 0 Å². The Balaban J connectivity index is 2.14. The van der Waals surface area contributed by atoms with E-state index in [2.05, 4.69) is 31.0 Å². The van der Waals surface area contributed by atoms with Gasteiger partial charge in [-0.05, 0) is 40.2 Å². The van der Waals surface area contributed by atoms with Gasteiger partial charge in [0.25, 0.3) is 0 Å². The summed E-state index contributed by atoms with van der Waals surface area (Å²) in [6.45, 7) is 10.2. The van der Waals surface area contributed by atoms with E-state index in [1.165, 1.54) is 32.4 Å². The Morgan fingerprint density at radius 3 is 2.75 bits per heavy atom. The molecule has 0 saturated carbocycles. The monoisotopic (exact) mass is 228 g/mol. The van der Waals surface area contributed by atoms with Crippen molar-refractivity contribution in [1.29, 1.82) is 0 Å². The number of hydrogen-bond acceptors (Lipinski definition) is 3. The van der Waals surface area contributed by atoms with Gasteiger partial charge in [0.1, 0.15) is 0 Å². The summed E-state index contributed by atoms with van der Waals surface area (Å²) in [6, 6.07) is 1.20. The summed E-state index contributed by atoms with van der Waals surface area (Å²) in [5.74, 6) is 0. The molecule has 3 nitrogen and oxygen atoms in total. The first-order chi connectivity index (χ1) is 7.65. The van der Waals surface area contributed by atoms with Gasteiger partial charge in [-0.2, -0.15) is 0 Å². The summed E-state index contributed by atoms with van der Waals surface area (Å²) in [5, 5.41) is 3.53. The van der Waals surface area contributed by atoms with Crippen molar-refractivity contribution in [2.24, 2.45) is 0 Å². The summed E-state index contributed by atoms with van der Waals surface area (Å²) in [6.07, 6.45) is 4.43. The number of rotatable bonds is 6. The minimum atomic E-state index is 0.291. The van der Waals surface area contributed by atoms with Crippen LogP contribution in [0.1, 0.15) is 40.0 Å². The Kier molecular flexibility index (Phi) is 6.32. The van der Waals surface area contributed by atoms with E-state index in [0.717, 1.165) is 12.6 Å². The maximum absolute atomic E-state index is 5.30. The highest BCUT2D eigenvalue weighted by Crippen LogP contribution is 2.15. The molecule has 96 valence electrons. The molecule has 0 amide bonds. The van der Waals surface area contributed by atoms with E-state index < -0.39 is 0 Å². The van der Waals surface area contributed by atoms with Crippen LogP contribution in [0.15, 0.2) is 0 Å². The Hall–Kier alpha value is -0.120. The Morgan fingerprint density at radius 2 is 2.12 bits per heavy atom. The molecule has 3 heteroatoms. The van der Waals surface area contributed by atoms with Crippen LogP contribution in [-0.4, -0.2) is 49.8 Å². The van der Waals surface area contributed by atoms with E-state index in [1.807, 2.05) is 0 Å². The molecule has 3 unspecified atom stereocenters. The molecule has 16 heavy (non-hydrogen) atoms. The van der Waals surface area contributed by atoms with Crippen LogP contribution in [0.5, 0.6) is 0 Å². The van der Waals surface area contributed by atoms with Crippen molar-refractivity contribution < 1.29 is 4.74 Å². The fraction of sp³-hybridized carbons (Fsp3) is 1.00. The smallest absolute Gasteiger partial charge is 0.0693 e. The van der Waals surface area contributed by atoms with Crippen LogP contribution < -0.4 is 5.32 Å². The molecule has 0 radical (unpaired) electrons. The molecule has 0 aliphatic carbocycles. The molecule has 0 aromatic rings. The standard InChI is InChI=1S/C13H28N2O/c1-11-7-5-6-9-15(11)10-8-14-12(2)13(3)16-4/h11-14H,5-10H2,1-4H3. The van der Waals surface area contributed by atoms with Crippen LogP contribution >= 0.6 is 0 Å².